The summed E-state index contributed by atoms with van der Waals surface area (Å²) in [6, 6.07) is 12.6. The van der Waals surface area contributed by atoms with Gasteiger partial charge < -0.3 is 20.3 Å². The molecule has 2 N–H and O–H groups in total. The van der Waals surface area contributed by atoms with Crippen molar-refractivity contribution in [3.63, 3.8) is 0 Å². The molecule has 2 aromatic rings. The van der Waals surface area contributed by atoms with Crippen molar-refractivity contribution >= 4 is 11.9 Å². The molecule has 1 heterocycles. The number of hydrogen-bond donors (Lipinski definition) is 2. The Balaban J connectivity index is 1.70. The smallest absolute Gasteiger partial charge is 0.317 e. The van der Waals surface area contributed by atoms with Gasteiger partial charge in [-0.05, 0) is 62.4 Å². The minimum absolute atomic E-state index is 0.000860. The lowest BCUT2D eigenvalue weighted by Gasteiger charge is -2.38. The Morgan fingerprint density at radius 3 is 2.64 bits per heavy atom. The third kappa shape index (κ3) is 6.46. The van der Waals surface area contributed by atoms with Crippen LogP contribution in [0.3, 0.4) is 0 Å². The topological polar surface area (TPSA) is 70.7 Å². The monoisotopic (exact) mass is 455 g/mol. The summed E-state index contributed by atoms with van der Waals surface area (Å²) < 4.78 is 19.2. The molecular formula is C26H34FN3O3. The van der Waals surface area contributed by atoms with Gasteiger partial charge in [-0.15, -0.1) is 0 Å². The third-order valence-corrected chi connectivity index (χ3v) is 6.06. The van der Waals surface area contributed by atoms with Crippen LogP contribution in [0.1, 0.15) is 42.9 Å². The molecule has 0 saturated carbocycles. The summed E-state index contributed by atoms with van der Waals surface area (Å²) in [6.45, 7) is 6.88. The lowest BCUT2D eigenvalue weighted by atomic mass is 9.83. The van der Waals surface area contributed by atoms with Crippen molar-refractivity contribution in [2.24, 2.45) is 5.92 Å². The van der Waals surface area contributed by atoms with Crippen molar-refractivity contribution in [2.45, 2.75) is 45.6 Å². The minimum atomic E-state index is -0.343. The minimum Gasteiger partial charge on any atom is -0.496 e. The highest BCUT2D eigenvalue weighted by Gasteiger charge is 2.34. The van der Waals surface area contributed by atoms with Crippen molar-refractivity contribution in [1.29, 1.82) is 0 Å². The Morgan fingerprint density at radius 2 is 1.94 bits per heavy atom. The fourth-order valence-electron chi connectivity index (χ4n) is 4.33. The Bertz CT molecular complexity index is 979. The van der Waals surface area contributed by atoms with Gasteiger partial charge in [0.2, 0.25) is 5.91 Å². The van der Waals surface area contributed by atoms with Crippen LogP contribution in [0.15, 0.2) is 42.5 Å². The van der Waals surface area contributed by atoms with E-state index in [0.29, 0.717) is 38.0 Å². The summed E-state index contributed by atoms with van der Waals surface area (Å²) in [5, 5.41) is 5.96. The third-order valence-electron chi connectivity index (χ3n) is 6.06. The molecular weight excluding hydrogens is 421 g/mol. The van der Waals surface area contributed by atoms with Crippen LogP contribution in [0.5, 0.6) is 5.75 Å². The standard InChI is InChI=1S/C26H34FN3O3/c1-17(2)29-26(32)30-15-21(20-9-10-23(27)18(3)13-20)14-22(16-30)25(31)28-12-11-19-7-5-6-8-24(19)33-4/h5-10,13,17,21-22H,11-12,14-16H2,1-4H3,(H,28,31)(H,29,32)/t21-,22-/m0/s1. The second kappa shape index (κ2) is 11.2. The molecule has 178 valence electrons. The molecule has 3 amide bonds. The van der Waals surface area contributed by atoms with E-state index in [-0.39, 0.29) is 35.6 Å². The predicted octanol–water partition coefficient (Wildman–Crippen LogP) is 4.03. The van der Waals surface area contributed by atoms with Gasteiger partial charge in [0.1, 0.15) is 11.6 Å². The molecule has 0 spiro atoms. The number of rotatable bonds is 7. The molecule has 3 rings (SSSR count). The van der Waals surface area contributed by atoms with Gasteiger partial charge in [0.05, 0.1) is 13.0 Å². The number of methoxy groups -OCH3 is 1. The number of carbonyl (C=O) groups excluding carboxylic acids is 2. The van der Waals surface area contributed by atoms with E-state index >= 15 is 0 Å². The maximum Gasteiger partial charge on any atom is 0.317 e. The number of aryl methyl sites for hydroxylation is 1. The molecule has 1 saturated heterocycles. The van der Waals surface area contributed by atoms with Crippen LogP contribution in [-0.2, 0) is 11.2 Å². The molecule has 33 heavy (non-hydrogen) atoms. The largest absolute Gasteiger partial charge is 0.496 e. The van der Waals surface area contributed by atoms with Gasteiger partial charge in [0, 0.05) is 31.6 Å². The molecule has 0 aromatic heterocycles. The zero-order valence-electron chi connectivity index (χ0n) is 19.9. The molecule has 1 aliphatic rings. The van der Waals surface area contributed by atoms with Crippen LogP contribution >= 0.6 is 0 Å². The first-order valence-electron chi connectivity index (χ1n) is 11.5. The second-order valence-corrected chi connectivity index (χ2v) is 9.00. The number of benzene rings is 2. The first-order chi connectivity index (χ1) is 15.8. The van der Waals surface area contributed by atoms with E-state index in [2.05, 4.69) is 10.6 Å². The Labute approximate surface area is 195 Å². The van der Waals surface area contributed by atoms with E-state index < -0.39 is 0 Å². The van der Waals surface area contributed by atoms with Gasteiger partial charge in [-0.2, -0.15) is 0 Å². The molecule has 2 atom stereocenters. The Kier molecular flexibility index (Phi) is 8.31. The van der Waals surface area contributed by atoms with Crippen LogP contribution in [0.4, 0.5) is 9.18 Å². The average molecular weight is 456 g/mol. The van der Waals surface area contributed by atoms with Gasteiger partial charge in [-0.3, -0.25) is 4.79 Å². The maximum absolute atomic E-state index is 13.8. The number of halogens is 1. The van der Waals surface area contributed by atoms with Crippen molar-refractivity contribution in [3.8, 4) is 5.75 Å². The van der Waals surface area contributed by atoms with Crippen molar-refractivity contribution < 1.29 is 18.7 Å². The van der Waals surface area contributed by atoms with E-state index in [9.17, 15) is 14.0 Å². The van der Waals surface area contributed by atoms with Gasteiger partial charge >= 0.3 is 6.03 Å². The number of amides is 3. The summed E-state index contributed by atoms with van der Waals surface area (Å²) in [4.78, 5) is 27.5. The number of nitrogens with zero attached hydrogens (tertiary/aromatic N) is 1. The molecule has 6 nitrogen and oxygen atoms in total. The van der Waals surface area contributed by atoms with Crippen LogP contribution in [-0.4, -0.2) is 49.6 Å². The average Bonchev–Trinajstić information content (AvgIpc) is 2.80. The number of likely N-dealkylation sites (tertiary alicyclic amines) is 1. The SMILES string of the molecule is COc1ccccc1CCNC(=O)[C@H]1C[C@H](c2ccc(F)c(C)c2)CN(C(=O)NC(C)C)C1. The summed E-state index contributed by atoms with van der Waals surface area (Å²) in [5.74, 6) is 0.0867. The molecule has 0 radical (unpaired) electrons. The molecule has 0 unspecified atom stereocenters. The van der Waals surface area contributed by atoms with E-state index in [1.54, 1.807) is 25.0 Å². The number of ether oxygens (including phenoxy) is 1. The number of hydrogen-bond acceptors (Lipinski definition) is 3. The predicted molar refractivity (Wildman–Crippen MR) is 127 cm³/mol. The fourth-order valence-corrected chi connectivity index (χ4v) is 4.33. The molecule has 0 bridgehead atoms. The van der Waals surface area contributed by atoms with Crippen LogP contribution < -0.4 is 15.4 Å². The first-order valence-corrected chi connectivity index (χ1v) is 11.5. The van der Waals surface area contributed by atoms with Crippen molar-refractivity contribution in [1.82, 2.24) is 15.5 Å². The second-order valence-electron chi connectivity index (χ2n) is 9.00. The van der Waals surface area contributed by atoms with Gasteiger partial charge in [0.25, 0.3) is 0 Å². The van der Waals surface area contributed by atoms with E-state index in [1.807, 2.05) is 44.2 Å². The molecule has 0 aliphatic carbocycles. The number of para-hydroxylation sites is 1. The highest BCUT2D eigenvalue weighted by atomic mass is 19.1. The maximum atomic E-state index is 13.8. The van der Waals surface area contributed by atoms with Gasteiger partial charge in [-0.25, -0.2) is 9.18 Å². The number of carbonyl (C=O) groups is 2. The van der Waals surface area contributed by atoms with Crippen LogP contribution in [0.2, 0.25) is 0 Å². The van der Waals surface area contributed by atoms with E-state index in [1.165, 1.54) is 6.07 Å². The highest BCUT2D eigenvalue weighted by Crippen LogP contribution is 2.31. The lowest BCUT2D eigenvalue weighted by Crippen LogP contribution is -2.52. The molecule has 1 aliphatic heterocycles. The zero-order valence-corrected chi connectivity index (χ0v) is 19.9. The summed E-state index contributed by atoms with van der Waals surface area (Å²) in [6.07, 6.45) is 1.26. The van der Waals surface area contributed by atoms with Gasteiger partial charge in [-0.1, -0.05) is 30.3 Å². The van der Waals surface area contributed by atoms with Crippen molar-refractivity contribution in [2.75, 3.05) is 26.7 Å². The van der Waals surface area contributed by atoms with Crippen molar-refractivity contribution in [3.05, 3.63) is 65.0 Å². The lowest BCUT2D eigenvalue weighted by molar-refractivity contribution is -0.126. The summed E-state index contributed by atoms with van der Waals surface area (Å²) >= 11 is 0. The quantitative estimate of drug-likeness (QED) is 0.662. The molecule has 7 heteroatoms. The summed E-state index contributed by atoms with van der Waals surface area (Å²) in [7, 11) is 1.63. The van der Waals surface area contributed by atoms with Crippen LogP contribution in [0.25, 0.3) is 0 Å². The zero-order chi connectivity index (χ0) is 24.0. The van der Waals surface area contributed by atoms with Crippen LogP contribution in [0, 0.1) is 18.7 Å². The number of nitrogens with one attached hydrogen (secondary N) is 2. The van der Waals surface area contributed by atoms with E-state index in [0.717, 1.165) is 16.9 Å². The Morgan fingerprint density at radius 1 is 1.18 bits per heavy atom. The first kappa shape index (κ1) is 24.6. The normalized spacial score (nSPS) is 18.2. The molecule has 2 aromatic carbocycles. The summed E-state index contributed by atoms with van der Waals surface area (Å²) in [5.41, 5.74) is 2.54. The molecule has 1 fully saturated rings. The van der Waals surface area contributed by atoms with E-state index in [4.69, 9.17) is 4.74 Å². The Hall–Kier alpha value is -3.09. The number of urea groups is 1. The van der Waals surface area contributed by atoms with Gasteiger partial charge in [0.15, 0.2) is 0 Å². The number of piperidine rings is 1. The fraction of sp³-hybridized carbons (Fsp3) is 0.462. The highest BCUT2D eigenvalue weighted by molar-refractivity contribution is 5.81.